The number of carbonyl (C=O) groups excluding carboxylic acids is 1. The van der Waals surface area contributed by atoms with E-state index in [2.05, 4.69) is 4.98 Å². The van der Waals surface area contributed by atoms with E-state index < -0.39 is 5.41 Å². The molecule has 0 saturated heterocycles. The van der Waals surface area contributed by atoms with E-state index in [0.29, 0.717) is 21.1 Å². The van der Waals surface area contributed by atoms with Gasteiger partial charge in [0.25, 0.3) is 5.56 Å². The fourth-order valence-corrected chi connectivity index (χ4v) is 3.84. The number of hydrogen-bond donors (Lipinski definition) is 0. The molecule has 4 nitrogen and oxygen atoms in total. The summed E-state index contributed by atoms with van der Waals surface area (Å²) in [5.74, 6) is 0.344. The number of halogens is 1. The summed E-state index contributed by atoms with van der Waals surface area (Å²) in [7, 11) is 0. The molecule has 0 amide bonds. The largest absolute Gasteiger partial charge is 0.298 e. The maximum Gasteiger partial charge on any atom is 0.266 e. The van der Waals surface area contributed by atoms with E-state index in [1.165, 1.54) is 11.8 Å². The SMILES string of the molecule is Cc1ccc(-n2c(SCC(=O)C(C)(C)C)nc3cc(Cl)ccc3c2=O)cc1. The van der Waals surface area contributed by atoms with Gasteiger partial charge >= 0.3 is 0 Å². The Bertz CT molecular complexity index is 1070. The number of carbonyl (C=O) groups is 1. The minimum atomic E-state index is -0.442. The van der Waals surface area contributed by atoms with Crippen LogP contribution in [0.25, 0.3) is 16.6 Å². The van der Waals surface area contributed by atoms with Crippen molar-refractivity contribution in [2.24, 2.45) is 5.41 Å². The van der Waals surface area contributed by atoms with Crippen LogP contribution in [0.2, 0.25) is 5.02 Å². The monoisotopic (exact) mass is 400 g/mol. The Hall–Kier alpha value is -2.11. The molecule has 1 aromatic heterocycles. The first-order valence-electron chi connectivity index (χ1n) is 8.62. The number of fused-ring (bicyclic) bond motifs is 1. The number of benzene rings is 2. The van der Waals surface area contributed by atoms with Crippen molar-refractivity contribution >= 4 is 40.0 Å². The van der Waals surface area contributed by atoms with Crippen LogP contribution in [0.4, 0.5) is 0 Å². The molecule has 3 aromatic rings. The summed E-state index contributed by atoms with van der Waals surface area (Å²) < 4.78 is 1.57. The van der Waals surface area contributed by atoms with Gasteiger partial charge in [-0.1, -0.05) is 61.8 Å². The molecule has 0 aliphatic heterocycles. The molecule has 0 aliphatic rings. The average molecular weight is 401 g/mol. The Morgan fingerprint density at radius 3 is 2.44 bits per heavy atom. The first-order chi connectivity index (χ1) is 12.7. The summed E-state index contributed by atoms with van der Waals surface area (Å²) in [5, 5.41) is 1.49. The topological polar surface area (TPSA) is 52.0 Å². The summed E-state index contributed by atoms with van der Waals surface area (Å²) in [6, 6.07) is 12.7. The van der Waals surface area contributed by atoms with Gasteiger partial charge in [-0.05, 0) is 37.3 Å². The molecule has 0 unspecified atom stereocenters. The lowest BCUT2D eigenvalue weighted by molar-refractivity contribution is -0.123. The summed E-state index contributed by atoms with van der Waals surface area (Å²) in [6.07, 6.45) is 0. The van der Waals surface area contributed by atoms with Gasteiger partial charge in [-0.15, -0.1) is 0 Å². The third-order valence-corrected chi connectivity index (χ3v) is 5.44. The number of thioether (sulfide) groups is 1. The lowest BCUT2D eigenvalue weighted by atomic mass is 9.92. The van der Waals surface area contributed by atoms with Crippen molar-refractivity contribution in [1.82, 2.24) is 9.55 Å². The first kappa shape index (κ1) is 19.6. The Morgan fingerprint density at radius 2 is 1.81 bits per heavy atom. The second-order valence-corrected chi connectivity index (χ2v) is 8.87. The average Bonchev–Trinajstić information content (AvgIpc) is 2.59. The van der Waals surface area contributed by atoms with E-state index in [-0.39, 0.29) is 17.1 Å². The van der Waals surface area contributed by atoms with Crippen LogP contribution in [0, 0.1) is 12.3 Å². The molecule has 0 N–H and O–H groups in total. The van der Waals surface area contributed by atoms with Crippen LogP contribution >= 0.6 is 23.4 Å². The van der Waals surface area contributed by atoms with Crippen LogP contribution in [0.5, 0.6) is 0 Å². The predicted molar refractivity (Wildman–Crippen MR) is 112 cm³/mol. The quantitative estimate of drug-likeness (QED) is 0.454. The van der Waals surface area contributed by atoms with Crippen molar-refractivity contribution in [1.29, 1.82) is 0 Å². The van der Waals surface area contributed by atoms with Crippen molar-refractivity contribution in [3.8, 4) is 5.69 Å². The number of ketones is 1. The first-order valence-corrected chi connectivity index (χ1v) is 9.98. The van der Waals surface area contributed by atoms with Crippen LogP contribution in [0.3, 0.4) is 0 Å². The zero-order valence-corrected chi connectivity index (χ0v) is 17.3. The molecule has 2 aromatic carbocycles. The second kappa shape index (κ2) is 7.49. The van der Waals surface area contributed by atoms with Crippen molar-refractivity contribution < 1.29 is 4.79 Å². The number of hydrogen-bond acceptors (Lipinski definition) is 4. The normalized spacial score (nSPS) is 11.7. The van der Waals surface area contributed by atoms with Crippen molar-refractivity contribution in [2.75, 3.05) is 5.75 Å². The summed E-state index contributed by atoms with van der Waals surface area (Å²) >= 11 is 7.35. The number of aryl methyl sites for hydroxylation is 1. The van der Waals surface area contributed by atoms with Crippen molar-refractivity contribution in [2.45, 2.75) is 32.9 Å². The molecule has 1 heterocycles. The van der Waals surface area contributed by atoms with E-state index in [4.69, 9.17) is 11.6 Å². The van der Waals surface area contributed by atoms with Gasteiger partial charge in [0.2, 0.25) is 0 Å². The number of Topliss-reactive ketones (excluding diaryl/α,β-unsaturated/α-hetero) is 1. The fourth-order valence-electron chi connectivity index (χ4n) is 2.50. The highest BCUT2D eigenvalue weighted by molar-refractivity contribution is 7.99. The molecule has 0 radical (unpaired) electrons. The Morgan fingerprint density at radius 1 is 1.15 bits per heavy atom. The lowest BCUT2D eigenvalue weighted by Gasteiger charge is -2.17. The maximum atomic E-state index is 13.2. The highest BCUT2D eigenvalue weighted by atomic mass is 35.5. The molecule has 0 bridgehead atoms. The minimum Gasteiger partial charge on any atom is -0.298 e. The van der Waals surface area contributed by atoms with Gasteiger partial charge < -0.3 is 0 Å². The molecule has 6 heteroatoms. The zero-order valence-electron chi connectivity index (χ0n) is 15.7. The van der Waals surface area contributed by atoms with Gasteiger partial charge in [0.1, 0.15) is 5.78 Å². The number of rotatable bonds is 4. The van der Waals surface area contributed by atoms with E-state index in [0.717, 1.165) is 11.3 Å². The highest BCUT2D eigenvalue weighted by Gasteiger charge is 2.22. The van der Waals surface area contributed by atoms with Gasteiger partial charge in [-0.3, -0.25) is 14.2 Å². The van der Waals surface area contributed by atoms with Gasteiger partial charge in [0.05, 0.1) is 22.3 Å². The molecule has 0 fully saturated rings. The summed E-state index contributed by atoms with van der Waals surface area (Å²) in [6.45, 7) is 7.65. The molecule has 0 atom stereocenters. The van der Waals surface area contributed by atoms with E-state index in [1.54, 1.807) is 22.8 Å². The third-order valence-electron chi connectivity index (χ3n) is 4.26. The van der Waals surface area contributed by atoms with E-state index >= 15 is 0 Å². The highest BCUT2D eigenvalue weighted by Crippen LogP contribution is 2.26. The predicted octanol–water partition coefficient (Wildman–Crippen LogP) is 5.05. The standard InChI is InChI=1S/C21H21ClN2O2S/c1-13-5-8-15(9-6-13)24-19(26)16-10-7-14(22)11-17(16)23-20(24)27-12-18(25)21(2,3)4/h5-11H,12H2,1-4H3. The Kier molecular flexibility index (Phi) is 5.45. The molecule has 0 spiro atoms. The molecule has 27 heavy (non-hydrogen) atoms. The van der Waals surface area contributed by atoms with E-state index in [1.807, 2.05) is 52.0 Å². The number of nitrogens with zero attached hydrogens (tertiary/aromatic N) is 2. The molecule has 3 rings (SSSR count). The van der Waals surface area contributed by atoms with Gasteiger partial charge in [0.15, 0.2) is 5.16 Å². The minimum absolute atomic E-state index is 0.100. The Balaban J connectivity index is 2.16. The van der Waals surface area contributed by atoms with Crippen LogP contribution in [0.15, 0.2) is 52.4 Å². The molecular formula is C21H21ClN2O2S. The van der Waals surface area contributed by atoms with Gasteiger partial charge in [0, 0.05) is 10.4 Å². The number of aromatic nitrogens is 2. The van der Waals surface area contributed by atoms with E-state index in [9.17, 15) is 9.59 Å². The smallest absolute Gasteiger partial charge is 0.266 e. The molecule has 140 valence electrons. The van der Waals surface area contributed by atoms with Crippen LogP contribution in [0.1, 0.15) is 26.3 Å². The van der Waals surface area contributed by atoms with Crippen molar-refractivity contribution in [3.05, 3.63) is 63.4 Å². The molecule has 0 aliphatic carbocycles. The Labute approximate surface area is 167 Å². The van der Waals surface area contributed by atoms with Crippen LogP contribution in [-0.4, -0.2) is 21.1 Å². The third kappa shape index (κ3) is 4.25. The van der Waals surface area contributed by atoms with Gasteiger partial charge in [-0.2, -0.15) is 0 Å². The zero-order chi connectivity index (χ0) is 19.8. The van der Waals surface area contributed by atoms with Crippen molar-refractivity contribution in [3.63, 3.8) is 0 Å². The molecular weight excluding hydrogens is 380 g/mol. The molecule has 0 saturated carbocycles. The second-order valence-electron chi connectivity index (χ2n) is 7.49. The maximum absolute atomic E-state index is 13.2. The van der Waals surface area contributed by atoms with Crippen LogP contribution in [-0.2, 0) is 4.79 Å². The lowest BCUT2D eigenvalue weighted by Crippen LogP contribution is -2.24. The summed E-state index contributed by atoms with van der Waals surface area (Å²) in [5.41, 5.74) is 1.74. The summed E-state index contributed by atoms with van der Waals surface area (Å²) in [4.78, 5) is 30.2. The van der Waals surface area contributed by atoms with Crippen LogP contribution < -0.4 is 5.56 Å². The fraction of sp³-hybridized carbons (Fsp3) is 0.286. The van der Waals surface area contributed by atoms with Gasteiger partial charge in [-0.25, -0.2) is 4.98 Å².